The fraction of sp³-hybridized carbons (Fsp3) is 0.115. The number of anilines is 2. The molecule has 0 heterocycles. The Bertz CT molecular complexity index is 1270. The molecule has 3 rings (SSSR count). The number of amides is 2. The van der Waals surface area contributed by atoms with E-state index in [0.717, 1.165) is 0 Å². The van der Waals surface area contributed by atoms with Gasteiger partial charge in [-0.05, 0) is 79.2 Å². The van der Waals surface area contributed by atoms with Crippen LogP contribution in [0.4, 0.5) is 20.2 Å². The molecule has 0 aliphatic heterocycles. The molecule has 9 heteroatoms. The summed E-state index contributed by atoms with van der Waals surface area (Å²) in [4.78, 5) is 24.6. The van der Waals surface area contributed by atoms with E-state index in [0.29, 0.717) is 29.3 Å². The zero-order chi connectivity index (χ0) is 25.2. The number of hydrogen-bond acceptors (Lipinski definition) is 5. The standard InChI is InChI=1S/C26H21F2N3O4/c1-2-34-24-14-17(13-18(15-29)26(33)31-22-10-6-20(28)7-11-22)3-12-23(24)35-16-25(32)30-21-8-4-19(27)5-9-21/h3-14H,2,16H2,1H3,(H,30,32)(H,31,33)/b18-13+. The number of nitrogens with one attached hydrogen (secondary N) is 2. The van der Waals surface area contributed by atoms with Gasteiger partial charge in [0.15, 0.2) is 18.1 Å². The number of carbonyl (C=O) groups is 2. The first-order valence-electron chi connectivity index (χ1n) is 10.5. The van der Waals surface area contributed by atoms with Crippen molar-refractivity contribution in [1.29, 1.82) is 5.26 Å². The highest BCUT2D eigenvalue weighted by Crippen LogP contribution is 2.29. The Morgan fingerprint density at radius 1 is 0.886 bits per heavy atom. The SMILES string of the molecule is CCOc1cc(/C=C(\C#N)C(=O)Nc2ccc(F)cc2)ccc1OCC(=O)Nc1ccc(F)cc1. The van der Waals surface area contributed by atoms with E-state index in [9.17, 15) is 23.6 Å². The van der Waals surface area contributed by atoms with Gasteiger partial charge in [-0.2, -0.15) is 5.26 Å². The molecular formula is C26H21F2N3O4. The van der Waals surface area contributed by atoms with Gasteiger partial charge in [-0.25, -0.2) is 8.78 Å². The van der Waals surface area contributed by atoms with E-state index in [1.165, 1.54) is 54.6 Å². The normalized spacial score (nSPS) is 10.7. The summed E-state index contributed by atoms with van der Waals surface area (Å²) >= 11 is 0. The fourth-order valence-electron chi connectivity index (χ4n) is 2.92. The number of halogens is 2. The number of ether oxygens (including phenoxy) is 2. The summed E-state index contributed by atoms with van der Waals surface area (Å²) in [6, 6.07) is 17.0. The van der Waals surface area contributed by atoms with Crippen LogP contribution in [0, 0.1) is 23.0 Å². The molecule has 0 atom stereocenters. The number of nitriles is 1. The molecule has 0 saturated heterocycles. The van der Waals surface area contributed by atoms with E-state index < -0.39 is 23.4 Å². The summed E-state index contributed by atoms with van der Waals surface area (Å²) in [6.07, 6.45) is 1.37. The molecule has 0 saturated carbocycles. The van der Waals surface area contributed by atoms with Gasteiger partial charge in [0.1, 0.15) is 23.3 Å². The second-order valence-electron chi connectivity index (χ2n) is 7.11. The average Bonchev–Trinajstić information content (AvgIpc) is 2.85. The minimum absolute atomic E-state index is 0.177. The third-order valence-electron chi connectivity index (χ3n) is 4.53. The van der Waals surface area contributed by atoms with E-state index in [1.807, 2.05) is 6.07 Å². The van der Waals surface area contributed by atoms with Gasteiger partial charge in [-0.3, -0.25) is 9.59 Å². The molecule has 0 aromatic heterocycles. The highest BCUT2D eigenvalue weighted by molar-refractivity contribution is 6.09. The summed E-state index contributed by atoms with van der Waals surface area (Å²) in [5.74, 6) is -1.37. The van der Waals surface area contributed by atoms with E-state index in [4.69, 9.17) is 9.47 Å². The predicted molar refractivity (Wildman–Crippen MR) is 127 cm³/mol. The first-order valence-corrected chi connectivity index (χ1v) is 10.5. The molecule has 2 N–H and O–H groups in total. The maximum absolute atomic E-state index is 13.0. The Morgan fingerprint density at radius 3 is 2.06 bits per heavy atom. The van der Waals surface area contributed by atoms with Crippen LogP contribution in [0.15, 0.2) is 72.3 Å². The van der Waals surface area contributed by atoms with Crippen LogP contribution >= 0.6 is 0 Å². The molecule has 3 aromatic carbocycles. The summed E-state index contributed by atoms with van der Waals surface area (Å²) in [5, 5.41) is 14.5. The first-order chi connectivity index (χ1) is 16.9. The Balaban J connectivity index is 1.69. The van der Waals surface area contributed by atoms with Crippen molar-refractivity contribution < 1.29 is 27.8 Å². The van der Waals surface area contributed by atoms with Crippen LogP contribution in [0.1, 0.15) is 12.5 Å². The maximum Gasteiger partial charge on any atom is 0.266 e. The minimum atomic E-state index is -0.658. The Labute approximate surface area is 200 Å². The monoisotopic (exact) mass is 477 g/mol. The van der Waals surface area contributed by atoms with Gasteiger partial charge in [0.25, 0.3) is 11.8 Å². The molecule has 0 fully saturated rings. The van der Waals surface area contributed by atoms with Crippen LogP contribution in [-0.2, 0) is 9.59 Å². The van der Waals surface area contributed by atoms with Gasteiger partial charge in [0.05, 0.1) is 6.61 Å². The third kappa shape index (κ3) is 7.40. The number of hydrogen-bond donors (Lipinski definition) is 2. The minimum Gasteiger partial charge on any atom is -0.490 e. The van der Waals surface area contributed by atoms with Crippen LogP contribution in [-0.4, -0.2) is 25.0 Å². The molecule has 0 radical (unpaired) electrons. The molecule has 0 spiro atoms. The van der Waals surface area contributed by atoms with Crippen LogP contribution in [0.2, 0.25) is 0 Å². The zero-order valence-electron chi connectivity index (χ0n) is 18.7. The van der Waals surface area contributed by atoms with E-state index in [2.05, 4.69) is 10.6 Å². The Kier molecular flexibility index (Phi) is 8.51. The lowest BCUT2D eigenvalue weighted by atomic mass is 10.1. The average molecular weight is 477 g/mol. The van der Waals surface area contributed by atoms with Gasteiger partial charge < -0.3 is 20.1 Å². The highest BCUT2D eigenvalue weighted by Gasteiger charge is 2.13. The lowest BCUT2D eigenvalue weighted by Crippen LogP contribution is -2.20. The highest BCUT2D eigenvalue weighted by atomic mass is 19.1. The quantitative estimate of drug-likeness (QED) is 0.336. The van der Waals surface area contributed by atoms with Crippen molar-refractivity contribution in [3.63, 3.8) is 0 Å². The lowest BCUT2D eigenvalue weighted by molar-refractivity contribution is -0.118. The smallest absolute Gasteiger partial charge is 0.266 e. The summed E-state index contributed by atoms with van der Waals surface area (Å²) < 4.78 is 37.2. The molecule has 0 unspecified atom stereocenters. The van der Waals surface area contributed by atoms with Crippen molar-refractivity contribution in [3.8, 4) is 17.6 Å². The second kappa shape index (κ2) is 12.0. The topological polar surface area (TPSA) is 100 Å². The summed E-state index contributed by atoms with van der Waals surface area (Å²) in [5.41, 5.74) is 1.08. The zero-order valence-corrected chi connectivity index (χ0v) is 18.7. The van der Waals surface area contributed by atoms with E-state index in [-0.39, 0.29) is 17.9 Å². The van der Waals surface area contributed by atoms with Gasteiger partial charge in [-0.15, -0.1) is 0 Å². The molecule has 7 nitrogen and oxygen atoms in total. The number of nitrogens with zero attached hydrogens (tertiary/aromatic N) is 1. The second-order valence-corrected chi connectivity index (χ2v) is 7.11. The fourth-order valence-corrected chi connectivity index (χ4v) is 2.92. The van der Waals surface area contributed by atoms with Crippen molar-refractivity contribution in [2.75, 3.05) is 23.8 Å². The lowest BCUT2D eigenvalue weighted by Gasteiger charge is -2.13. The van der Waals surface area contributed by atoms with Crippen molar-refractivity contribution in [3.05, 3.63) is 89.5 Å². The largest absolute Gasteiger partial charge is 0.490 e. The van der Waals surface area contributed by atoms with Gasteiger partial charge in [0.2, 0.25) is 0 Å². The molecular weight excluding hydrogens is 456 g/mol. The van der Waals surface area contributed by atoms with Crippen LogP contribution in [0.3, 0.4) is 0 Å². The number of rotatable bonds is 9. The Morgan fingerprint density at radius 2 is 1.49 bits per heavy atom. The van der Waals surface area contributed by atoms with Gasteiger partial charge >= 0.3 is 0 Å². The summed E-state index contributed by atoms with van der Waals surface area (Å²) in [6.45, 7) is 1.75. The van der Waals surface area contributed by atoms with Crippen molar-refractivity contribution in [1.82, 2.24) is 0 Å². The predicted octanol–water partition coefficient (Wildman–Crippen LogP) is 4.93. The molecule has 35 heavy (non-hydrogen) atoms. The maximum atomic E-state index is 13.0. The molecule has 0 aliphatic carbocycles. The van der Waals surface area contributed by atoms with Crippen LogP contribution < -0.4 is 20.1 Å². The van der Waals surface area contributed by atoms with Crippen molar-refractivity contribution in [2.24, 2.45) is 0 Å². The molecule has 0 aliphatic rings. The van der Waals surface area contributed by atoms with E-state index in [1.54, 1.807) is 25.1 Å². The van der Waals surface area contributed by atoms with Gasteiger partial charge in [0, 0.05) is 11.4 Å². The van der Waals surface area contributed by atoms with Crippen LogP contribution in [0.25, 0.3) is 6.08 Å². The number of carbonyl (C=O) groups excluding carboxylic acids is 2. The first kappa shape index (κ1) is 24.9. The molecule has 3 aromatic rings. The van der Waals surface area contributed by atoms with Gasteiger partial charge in [-0.1, -0.05) is 6.07 Å². The summed E-state index contributed by atoms with van der Waals surface area (Å²) in [7, 11) is 0. The van der Waals surface area contributed by atoms with Crippen molar-refractivity contribution in [2.45, 2.75) is 6.92 Å². The van der Waals surface area contributed by atoms with Crippen LogP contribution in [0.5, 0.6) is 11.5 Å². The molecule has 0 bridgehead atoms. The third-order valence-corrected chi connectivity index (χ3v) is 4.53. The molecule has 2 amide bonds. The van der Waals surface area contributed by atoms with Crippen molar-refractivity contribution >= 4 is 29.3 Å². The van der Waals surface area contributed by atoms with E-state index >= 15 is 0 Å². The Hall–Kier alpha value is -4.71. The molecule has 178 valence electrons. The number of benzene rings is 3.